The van der Waals surface area contributed by atoms with E-state index in [1.54, 1.807) is 24.8 Å². The number of Topliss-reactive ketones (excluding diaryl/α,β-unsaturated/α-hetero) is 1. The Hall–Kier alpha value is -3.98. The molecule has 0 bridgehead atoms. The number of aliphatic hydroxyl groups is 1. The number of nitro groups is 1. The van der Waals surface area contributed by atoms with Gasteiger partial charge in [-0.25, -0.2) is 4.98 Å². The third kappa shape index (κ3) is 4.35. The van der Waals surface area contributed by atoms with Crippen molar-refractivity contribution in [2.45, 2.75) is 19.0 Å². The third-order valence-electron chi connectivity index (χ3n) is 5.46. The number of aryl methyl sites for hydroxylation is 1. The van der Waals surface area contributed by atoms with E-state index in [0.29, 0.717) is 18.0 Å². The third-order valence-corrected chi connectivity index (χ3v) is 5.71. The summed E-state index contributed by atoms with van der Waals surface area (Å²) in [5, 5.41) is 23.2. The summed E-state index contributed by atoms with van der Waals surface area (Å²) >= 11 is 5.92. The number of ketones is 1. The number of halogens is 1. The van der Waals surface area contributed by atoms with Crippen molar-refractivity contribution < 1.29 is 19.6 Å². The Morgan fingerprint density at radius 2 is 1.85 bits per heavy atom. The monoisotopic (exact) mass is 466 g/mol. The molecule has 1 atom stereocenters. The standard InChI is InChI=1S/C23H19ClN4O5/c24-16-8-6-15(7-9-16)21(29)19-20(17-4-1-2-5-18(17)28(32)33)27(23(31)22(19)30)12-3-11-26-13-10-25-14-26/h1-2,4-10,13-14,20,29H,3,11-12H2/b21-19-. The van der Waals surface area contributed by atoms with Crippen molar-refractivity contribution in [3.8, 4) is 0 Å². The van der Waals surface area contributed by atoms with E-state index in [-0.39, 0.29) is 28.9 Å². The quantitative estimate of drug-likeness (QED) is 0.185. The molecule has 1 aromatic heterocycles. The number of amides is 1. The Labute approximate surface area is 193 Å². The van der Waals surface area contributed by atoms with Crippen LogP contribution in [-0.2, 0) is 16.1 Å². The fourth-order valence-electron chi connectivity index (χ4n) is 3.92. The average Bonchev–Trinajstić information content (AvgIpc) is 3.41. The predicted octanol–water partition coefficient (Wildman–Crippen LogP) is 3.96. The molecule has 1 unspecified atom stereocenters. The number of para-hydroxylation sites is 1. The van der Waals surface area contributed by atoms with Crippen LogP contribution in [0, 0.1) is 10.1 Å². The largest absolute Gasteiger partial charge is 0.507 e. The number of carbonyl (C=O) groups is 2. The summed E-state index contributed by atoms with van der Waals surface area (Å²) in [5.41, 5.74) is -0.00971. The number of hydrogen-bond donors (Lipinski definition) is 1. The summed E-state index contributed by atoms with van der Waals surface area (Å²) in [7, 11) is 0. The molecule has 1 aliphatic heterocycles. The number of benzene rings is 2. The fraction of sp³-hybridized carbons (Fsp3) is 0.174. The Morgan fingerprint density at radius 3 is 2.52 bits per heavy atom. The molecule has 2 aromatic carbocycles. The van der Waals surface area contributed by atoms with E-state index in [2.05, 4.69) is 4.98 Å². The van der Waals surface area contributed by atoms with Gasteiger partial charge in [0.1, 0.15) is 5.76 Å². The number of nitrogens with zero attached hydrogens (tertiary/aromatic N) is 4. The number of rotatable bonds is 7. The van der Waals surface area contributed by atoms with Gasteiger partial charge in [-0.1, -0.05) is 23.7 Å². The molecule has 168 valence electrons. The maximum atomic E-state index is 13.0. The Bertz CT molecular complexity index is 1240. The Morgan fingerprint density at radius 1 is 1.12 bits per heavy atom. The molecule has 1 amide bonds. The predicted molar refractivity (Wildman–Crippen MR) is 120 cm³/mol. The lowest BCUT2D eigenvalue weighted by Gasteiger charge is -2.25. The molecule has 1 N–H and O–H groups in total. The summed E-state index contributed by atoms with van der Waals surface area (Å²) in [6, 6.07) is 10.9. The van der Waals surface area contributed by atoms with Crippen molar-refractivity contribution >= 4 is 34.7 Å². The number of nitro benzene ring substituents is 1. The SMILES string of the molecule is O=C1C(=O)N(CCCn2ccnc2)C(c2ccccc2[N+](=O)[O-])/C1=C(/O)c1ccc(Cl)cc1. The number of carbonyl (C=O) groups excluding carboxylic acids is 2. The van der Waals surface area contributed by atoms with Gasteiger partial charge in [0.15, 0.2) is 0 Å². The number of imidazole rings is 1. The number of aromatic nitrogens is 2. The normalized spacial score (nSPS) is 17.5. The molecule has 1 saturated heterocycles. The second kappa shape index (κ2) is 9.25. The molecule has 3 aromatic rings. The Kier molecular flexibility index (Phi) is 6.23. The van der Waals surface area contributed by atoms with Crippen molar-refractivity contribution in [1.29, 1.82) is 0 Å². The van der Waals surface area contributed by atoms with E-state index < -0.39 is 28.4 Å². The minimum absolute atomic E-state index is 0.150. The fourth-order valence-corrected chi connectivity index (χ4v) is 4.05. The van der Waals surface area contributed by atoms with Gasteiger partial charge in [0, 0.05) is 42.1 Å². The summed E-state index contributed by atoms with van der Waals surface area (Å²) in [6.45, 7) is 0.681. The molecular formula is C23H19ClN4O5. The first-order chi connectivity index (χ1) is 15.9. The molecule has 9 nitrogen and oxygen atoms in total. The summed E-state index contributed by atoms with van der Waals surface area (Å²) in [4.78, 5) is 42.4. The van der Waals surface area contributed by atoms with Crippen LogP contribution in [0.4, 0.5) is 5.69 Å². The van der Waals surface area contributed by atoms with Gasteiger partial charge < -0.3 is 14.6 Å². The van der Waals surface area contributed by atoms with E-state index in [9.17, 15) is 24.8 Å². The summed E-state index contributed by atoms with van der Waals surface area (Å²) in [5.74, 6) is -2.13. The van der Waals surface area contributed by atoms with Gasteiger partial charge >= 0.3 is 0 Å². The molecule has 0 saturated carbocycles. The maximum Gasteiger partial charge on any atom is 0.295 e. The van der Waals surface area contributed by atoms with Crippen LogP contribution in [0.25, 0.3) is 5.76 Å². The zero-order valence-electron chi connectivity index (χ0n) is 17.3. The first kappa shape index (κ1) is 22.2. The van der Waals surface area contributed by atoms with Gasteiger partial charge in [-0.3, -0.25) is 19.7 Å². The molecule has 0 aliphatic carbocycles. The van der Waals surface area contributed by atoms with E-state index >= 15 is 0 Å². The van der Waals surface area contributed by atoms with Gasteiger partial charge in [-0.15, -0.1) is 0 Å². The van der Waals surface area contributed by atoms with Gasteiger partial charge in [-0.05, 0) is 36.8 Å². The lowest BCUT2D eigenvalue weighted by molar-refractivity contribution is -0.385. The summed E-state index contributed by atoms with van der Waals surface area (Å²) in [6.07, 6.45) is 5.51. The van der Waals surface area contributed by atoms with Crippen molar-refractivity contribution in [3.63, 3.8) is 0 Å². The number of aliphatic hydroxyl groups excluding tert-OH is 1. The van der Waals surface area contributed by atoms with Crippen LogP contribution in [0.2, 0.25) is 5.02 Å². The zero-order valence-corrected chi connectivity index (χ0v) is 18.1. The van der Waals surface area contributed by atoms with Crippen LogP contribution in [0.3, 0.4) is 0 Å². The van der Waals surface area contributed by atoms with Gasteiger partial charge in [0.25, 0.3) is 17.4 Å². The van der Waals surface area contributed by atoms with Crippen LogP contribution >= 0.6 is 11.6 Å². The highest BCUT2D eigenvalue weighted by atomic mass is 35.5. The highest BCUT2D eigenvalue weighted by molar-refractivity contribution is 6.46. The van der Waals surface area contributed by atoms with E-state index in [4.69, 9.17) is 11.6 Å². The van der Waals surface area contributed by atoms with Gasteiger partial charge in [-0.2, -0.15) is 0 Å². The zero-order chi connectivity index (χ0) is 23.5. The van der Waals surface area contributed by atoms with Crippen LogP contribution < -0.4 is 0 Å². The van der Waals surface area contributed by atoms with Crippen LogP contribution in [0.5, 0.6) is 0 Å². The first-order valence-electron chi connectivity index (χ1n) is 10.1. The molecular weight excluding hydrogens is 448 g/mol. The van der Waals surface area contributed by atoms with Gasteiger partial charge in [0.2, 0.25) is 0 Å². The van der Waals surface area contributed by atoms with E-state index in [1.807, 2.05) is 4.57 Å². The van der Waals surface area contributed by atoms with Gasteiger partial charge in [0.05, 0.1) is 28.4 Å². The summed E-state index contributed by atoms with van der Waals surface area (Å²) < 4.78 is 1.82. The van der Waals surface area contributed by atoms with Crippen LogP contribution in [0.15, 0.2) is 72.8 Å². The van der Waals surface area contributed by atoms with Crippen LogP contribution in [0.1, 0.15) is 23.6 Å². The van der Waals surface area contributed by atoms with E-state index in [0.717, 1.165) is 0 Å². The van der Waals surface area contributed by atoms with Crippen LogP contribution in [-0.4, -0.2) is 42.7 Å². The van der Waals surface area contributed by atoms with Crippen molar-refractivity contribution in [2.75, 3.05) is 6.54 Å². The topological polar surface area (TPSA) is 119 Å². The minimum Gasteiger partial charge on any atom is -0.507 e. The molecule has 1 aliphatic rings. The lowest BCUT2D eigenvalue weighted by atomic mass is 9.94. The molecule has 0 spiro atoms. The molecule has 2 heterocycles. The average molecular weight is 467 g/mol. The number of likely N-dealkylation sites (tertiary alicyclic amines) is 1. The molecule has 33 heavy (non-hydrogen) atoms. The lowest BCUT2D eigenvalue weighted by Crippen LogP contribution is -2.31. The first-order valence-corrected chi connectivity index (χ1v) is 10.5. The molecule has 1 fully saturated rings. The van der Waals surface area contributed by atoms with Crippen molar-refractivity contribution in [2.24, 2.45) is 0 Å². The number of hydrogen-bond acceptors (Lipinski definition) is 6. The molecule has 0 radical (unpaired) electrons. The molecule has 10 heteroatoms. The Balaban J connectivity index is 1.80. The second-order valence-electron chi connectivity index (χ2n) is 7.47. The maximum absolute atomic E-state index is 13.0. The van der Waals surface area contributed by atoms with E-state index in [1.165, 1.54) is 47.4 Å². The highest BCUT2D eigenvalue weighted by Crippen LogP contribution is 2.42. The smallest absolute Gasteiger partial charge is 0.295 e. The molecule has 4 rings (SSSR count). The second-order valence-corrected chi connectivity index (χ2v) is 7.91. The highest BCUT2D eigenvalue weighted by Gasteiger charge is 2.47. The van der Waals surface area contributed by atoms with Crippen molar-refractivity contribution in [3.05, 3.63) is 99.1 Å². The van der Waals surface area contributed by atoms with Crippen molar-refractivity contribution in [1.82, 2.24) is 14.5 Å². The minimum atomic E-state index is -1.11.